The molecule has 26 heavy (non-hydrogen) atoms. The summed E-state index contributed by atoms with van der Waals surface area (Å²) in [4.78, 5) is 25.6. The number of carbonyl (C=O) groups excluding carboxylic acids is 1. The van der Waals surface area contributed by atoms with Crippen molar-refractivity contribution in [2.24, 2.45) is 5.41 Å². The maximum Gasteiger partial charge on any atom is 0.320 e. The summed E-state index contributed by atoms with van der Waals surface area (Å²) in [5.74, 6) is -0.516. The third kappa shape index (κ3) is 4.44. The van der Waals surface area contributed by atoms with E-state index in [0.717, 1.165) is 51.7 Å². The van der Waals surface area contributed by atoms with Gasteiger partial charge in [-0.05, 0) is 55.1 Å². The van der Waals surface area contributed by atoms with Crippen molar-refractivity contribution in [3.8, 4) is 0 Å². The van der Waals surface area contributed by atoms with E-state index in [-0.39, 0.29) is 11.3 Å². The third-order valence-electron chi connectivity index (χ3n) is 6.12. The lowest BCUT2D eigenvalue weighted by atomic mass is 9.76. The number of carbonyl (C=O) groups is 2. The first kappa shape index (κ1) is 18.9. The molecule has 142 valence electrons. The lowest BCUT2D eigenvalue weighted by molar-refractivity contribution is -0.139. The van der Waals surface area contributed by atoms with Crippen LogP contribution in [0.2, 0.25) is 0 Å². The Hall–Kier alpha value is -1.88. The molecule has 1 amide bonds. The van der Waals surface area contributed by atoms with Crippen molar-refractivity contribution >= 4 is 11.9 Å². The molecule has 1 spiro atoms. The molecule has 2 saturated heterocycles. The number of benzene rings is 1. The predicted molar refractivity (Wildman–Crippen MR) is 101 cm³/mol. The van der Waals surface area contributed by atoms with Crippen LogP contribution in [0, 0.1) is 5.41 Å². The molecule has 0 bridgehead atoms. The number of amides is 1. The van der Waals surface area contributed by atoms with Crippen LogP contribution in [0.15, 0.2) is 24.3 Å². The Bertz CT molecular complexity index is 633. The molecule has 0 unspecified atom stereocenters. The standard InChI is InChI=1S/C21H30N2O3/c1-2-16-6-8-17(9-7-16)4-3-5-19(24)23-12-10-21(11-13-23)14-18(20(25)26)22-15-21/h6-9,18,22H,2-5,10-15H2,1H3,(H,25,26)/t18-/m1/s1. The first-order chi connectivity index (χ1) is 12.5. The molecule has 3 rings (SSSR count). The van der Waals surface area contributed by atoms with Crippen LogP contribution in [-0.4, -0.2) is 47.6 Å². The number of carboxylic acid groups (broad SMARTS) is 1. The summed E-state index contributed by atoms with van der Waals surface area (Å²) in [7, 11) is 0. The molecular weight excluding hydrogens is 328 g/mol. The predicted octanol–water partition coefficient (Wildman–Crippen LogP) is 2.63. The normalized spacial score (nSPS) is 21.9. The minimum Gasteiger partial charge on any atom is -0.480 e. The Balaban J connectivity index is 1.40. The molecule has 2 N–H and O–H groups in total. The molecule has 1 aromatic rings. The molecule has 2 fully saturated rings. The molecule has 5 heteroatoms. The van der Waals surface area contributed by atoms with Gasteiger partial charge < -0.3 is 15.3 Å². The van der Waals surface area contributed by atoms with Crippen LogP contribution >= 0.6 is 0 Å². The van der Waals surface area contributed by atoms with Gasteiger partial charge in [0.05, 0.1) is 0 Å². The van der Waals surface area contributed by atoms with E-state index in [0.29, 0.717) is 12.8 Å². The number of carboxylic acids is 1. The number of piperidine rings is 1. The van der Waals surface area contributed by atoms with Crippen molar-refractivity contribution in [2.75, 3.05) is 19.6 Å². The summed E-state index contributed by atoms with van der Waals surface area (Å²) in [5, 5.41) is 12.3. The van der Waals surface area contributed by atoms with Crippen molar-refractivity contribution < 1.29 is 14.7 Å². The zero-order valence-electron chi connectivity index (χ0n) is 15.7. The monoisotopic (exact) mass is 358 g/mol. The highest BCUT2D eigenvalue weighted by Crippen LogP contribution is 2.39. The average Bonchev–Trinajstić information content (AvgIpc) is 3.07. The smallest absolute Gasteiger partial charge is 0.320 e. The Labute approximate surface area is 155 Å². The zero-order valence-corrected chi connectivity index (χ0v) is 15.7. The van der Waals surface area contributed by atoms with Gasteiger partial charge in [0, 0.05) is 26.1 Å². The van der Waals surface area contributed by atoms with E-state index >= 15 is 0 Å². The molecule has 2 aliphatic heterocycles. The molecule has 5 nitrogen and oxygen atoms in total. The van der Waals surface area contributed by atoms with E-state index in [1.54, 1.807) is 0 Å². The number of nitrogens with one attached hydrogen (secondary N) is 1. The summed E-state index contributed by atoms with van der Waals surface area (Å²) in [6.45, 7) is 4.44. The molecule has 0 aliphatic carbocycles. The second kappa shape index (κ2) is 8.21. The first-order valence-corrected chi connectivity index (χ1v) is 9.83. The Kier molecular flexibility index (Phi) is 5.97. The van der Waals surface area contributed by atoms with Gasteiger partial charge in [-0.3, -0.25) is 9.59 Å². The number of nitrogens with zero attached hydrogens (tertiary/aromatic N) is 1. The second-order valence-corrected chi connectivity index (χ2v) is 7.88. The lowest BCUT2D eigenvalue weighted by Crippen LogP contribution is -2.44. The molecule has 0 saturated carbocycles. The van der Waals surface area contributed by atoms with Crippen LogP contribution in [-0.2, 0) is 22.4 Å². The Morgan fingerprint density at radius 2 is 1.85 bits per heavy atom. The maximum absolute atomic E-state index is 12.5. The summed E-state index contributed by atoms with van der Waals surface area (Å²) >= 11 is 0. The topological polar surface area (TPSA) is 69.6 Å². The van der Waals surface area contributed by atoms with Crippen LogP contribution in [0.4, 0.5) is 0 Å². The largest absolute Gasteiger partial charge is 0.480 e. The van der Waals surface area contributed by atoms with Gasteiger partial charge in [-0.25, -0.2) is 0 Å². The fraction of sp³-hybridized carbons (Fsp3) is 0.619. The van der Waals surface area contributed by atoms with Crippen LogP contribution in [0.5, 0.6) is 0 Å². The molecule has 1 atom stereocenters. The highest BCUT2D eigenvalue weighted by Gasteiger charge is 2.43. The van der Waals surface area contributed by atoms with Crippen molar-refractivity contribution in [2.45, 2.75) is 57.9 Å². The van der Waals surface area contributed by atoms with Crippen LogP contribution < -0.4 is 5.32 Å². The van der Waals surface area contributed by atoms with Gasteiger partial charge in [0.25, 0.3) is 0 Å². The van der Waals surface area contributed by atoms with E-state index in [2.05, 4.69) is 36.5 Å². The number of likely N-dealkylation sites (tertiary alicyclic amines) is 1. The van der Waals surface area contributed by atoms with E-state index in [9.17, 15) is 9.59 Å². The average molecular weight is 358 g/mol. The van der Waals surface area contributed by atoms with Crippen molar-refractivity contribution in [3.05, 3.63) is 35.4 Å². The fourth-order valence-electron chi connectivity index (χ4n) is 4.25. The minimum absolute atomic E-state index is 0.0703. The van der Waals surface area contributed by atoms with Crippen LogP contribution in [0.25, 0.3) is 0 Å². The van der Waals surface area contributed by atoms with Gasteiger partial charge in [0.15, 0.2) is 0 Å². The highest BCUT2D eigenvalue weighted by molar-refractivity contribution is 5.76. The quantitative estimate of drug-likeness (QED) is 0.820. The van der Waals surface area contributed by atoms with E-state index in [1.807, 2.05) is 4.90 Å². The fourth-order valence-corrected chi connectivity index (χ4v) is 4.25. The SMILES string of the molecule is CCc1ccc(CCCC(=O)N2CCC3(CC2)CN[C@@H](C(=O)O)C3)cc1. The summed E-state index contributed by atoms with van der Waals surface area (Å²) in [6, 6.07) is 8.25. The van der Waals surface area contributed by atoms with E-state index < -0.39 is 12.0 Å². The molecule has 0 radical (unpaired) electrons. The Morgan fingerprint density at radius 3 is 2.42 bits per heavy atom. The maximum atomic E-state index is 12.5. The molecule has 0 aromatic heterocycles. The summed E-state index contributed by atoms with van der Waals surface area (Å²) in [5.41, 5.74) is 2.71. The van der Waals surface area contributed by atoms with Gasteiger partial charge in [-0.15, -0.1) is 0 Å². The molecule has 2 heterocycles. The van der Waals surface area contributed by atoms with Crippen LogP contribution in [0.1, 0.15) is 50.2 Å². The van der Waals surface area contributed by atoms with Crippen molar-refractivity contribution in [1.82, 2.24) is 10.2 Å². The van der Waals surface area contributed by atoms with Crippen molar-refractivity contribution in [1.29, 1.82) is 0 Å². The molecular formula is C21H30N2O3. The lowest BCUT2D eigenvalue weighted by Gasteiger charge is -2.39. The number of aliphatic carboxylic acids is 1. The van der Waals surface area contributed by atoms with E-state index in [1.165, 1.54) is 11.1 Å². The number of hydrogen-bond donors (Lipinski definition) is 2. The van der Waals surface area contributed by atoms with Gasteiger partial charge in [-0.1, -0.05) is 31.2 Å². The van der Waals surface area contributed by atoms with E-state index in [4.69, 9.17) is 5.11 Å². The van der Waals surface area contributed by atoms with Crippen LogP contribution in [0.3, 0.4) is 0 Å². The Morgan fingerprint density at radius 1 is 1.19 bits per heavy atom. The number of aryl methyl sites for hydroxylation is 2. The summed E-state index contributed by atoms with van der Waals surface area (Å²) in [6.07, 6.45) is 5.99. The van der Waals surface area contributed by atoms with Crippen molar-refractivity contribution in [3.63, 3.8) is 0 Å². The zero-order chi connectivity index (χ0) is 18.6. The van der Waals surface area contributed by atoms with Gasteiger partial charge in [0.1, 0.15) is 6.04 Å². The first-order valence-electron chi connectivity index (χ1n) is 9.83. The highest BCUT2D eigenvalue weighted by atomic mass is 16.4. The number of rotatable bonds is 6. The van der Waals surface area contributed by atoms with Gasteiger partial charge >= 0.3 is 5.97 Å². The molecule has 2 aliphatic rings. The van der Waals surface area contributed by atoms with Gasteiger partial charge in [-0.2, -0.15) is 0 Å². The summed E-state index contributed by atoms with van der Waals surface area (Å²) < 4.78 is 0. The minimum atomic E-state index is -0.757. The second-order valence-electron chi connectivity index (χ2n) is 7.88. The number of hydrogen-bond acceptors (Lipinski definition) is 3. The molecule has 1 aromatic carbocycles. The third-order valence-corrected chi connectivity index (χ3v) is 6.12. The van der Waals surface area contributed by atoms with Gasteiger partial charge in [0.2, 0.25) is 5.91 Å².